The van der Waals surface area contributed by atoms with Crippen molar-refractivity contribution < 1.29 is 4.79 Å². The maximum absolute atomic E-state index is 12.2. The summed E-state index contributed by atoms with van der Waals surface area (Å²) in [4.78, 5) is 17.1. The number of amides is 1. The van der Waals surface area contributed by atoms with Crippen molar-refractivity contribution in [1.82, 2.24) is 4.57 Å². The summed E-state index contributed by atoms with van der Waals surface area (Å²) in [5.41, 5.74) is 1.67. The molecule has 0 unspecified atom stereocenters. The van der Waals surface area contributed by atoms with Gasteiger partial charge in [-0.1, -0.05) is 39.4 Å². The fraction of sp³-hybridized carbons (Fsp3) is 0.0667. The molecule has 1 heterocycles. The standard InChI is InChI=1S/C15H11BrN2OS/c1-18-12-4-2-3-5-13(12)20-15(18)17-14(19)10-6-8-11(16)9-7-10/h2-9H,1H3. The fourth-order valence-electron chi connectivity index (χ4n) is 1.93. The molecule has 0 radical (unpaired) electrons. The number of hydrogen-bond acceptors (Lipinski definition) is 2. The summed E-state index contributed by atoms with van der Waals surface area (Å²) in [5, 5.41) is 0. The number of carbonyl (C=O) groups is 1. The number of rotatable bonds is 1. The van der Waals surface area contributed by atoms with Crippen molar-refractivity contribution in [3.05, 3.63) is 63.4 Å². The van der Waals surface area contributed by atoms with Gasteiger partial charge in [0.2, 0.25) is 0 Å². The SMILES string of the molecule is Cn1c(=NC(=O)c2ccc(Br)cc2)sc2ccccc21. The van der Waals surface area contributed by atoms with Crippen molar-refractivity contribution in [2.45, 2.75) is 0 Å². The second-order valence-corrected chi connectivity index (χ2v) is 6.26. The molecule has 3 aromatic rings. The number of aryl methyl sites for hydroxylation is 1. The molecule has 0 bridgehead atoms. The first-order valence-corrected chi connectivity index (χ1v) is 7.65. The molecule has 3 rings (SSSR count). The Bertz CT molecular complexity index is 846. The number of fused-ring (bicyclic) bond motifs is 1. The van der Waals surface area contributed by atoms with E-state index < -0.39 is 0 Å². The van der Waals surface area contributed by atoms with Crippen LogP contribution in [0.4, 0.5) is 0 Å². The van der Waals surface area contributed by atoms with Gasteiger partial charge in [0.1, 0.15) is 0 Å². The highest BCUT2D eigenvalue weighted by molar-refractivity contribution is 9.10. The van der Waals surface area contributed by atoms with Gasteiger partial charge in [-0.05, 0) is 36.4 Å². The third-order valence-corrected chi connectivity index (χ3v) is 4.64. The van der Waals surface area contributed by atoms with E-state index in [9.17, 15) is 4.79 Å². The van der Waals surface area contributed by atoms with Crippen molar-refractivity contribution in [2.75, 3.05) is 0 Å². The zero-order chi connectivity index (χ0) is 14.1. The Morgan fingerprint density at radius 2 is 1.85 bits per heavy atom. The molecule has 0 fully saturated rings. The molecule has 0 aliphatic carbocycles. The van der Waals surface area contributed by atoms with Crippen LogP contribution in [-0.4, -0.2) is 10.5 Å². The monoisotopic (exact) mass is 346 g/mol. The van der Waals surface area contributed by atoms with E-state index in [2.05, 4.69) is 20.9 Å². The minimum Gasteiger partial charge on any atom is -0.319 e. The van der Waals surface area contributed by atoms with Gasteiger partial charge in [-0.25, -0.2) is 0 Å². The van der Waals surface area contributed by atoms with Crippen LogP contribution >= 0.6 is 27.3 Å². The minimum atomic E-state index is -0.223. The molecule has 100 valence electrons. The van der Waals surface area contributed by atoms with Gasteiger partial charge < -0.3 is 4.57 Å². The molecule has 0 aliphatic rings. The highest BCUT2D eigenvalue weighted by atomic mass is 79.9. The quantitative estimate of drug-likeness (QED) is 0.660. The Labute approximate surface area is 128 Å². The molecule has 1 aromatic heterocycles. The topological polar surface area (TPSA) is 34.4 Å². The number of hydrogen-bond donors (Lipinski definition) is 0. The molecule has 0 saturated heterocycles. The molecule has 5 heteroatoms. The van der Waals surface area contributed by atoms with Crippen LogP contribution in [-0.2, 0) is 7.05 Å². The van der Waals surface area contributed by atoms with Gasteiger partial charge in [0, 0.05) is 17.1 Å². The second kappa shape index (κ2) is 5.34. The zero-order valence-electron chi connectivity index (χ0n) is 10.7. The van der Waals surface area contributed by atoms with Gasteiger partial charge in [-0.2, -0.15) is 4.99 Å². The Morgan fingerprint density at radius 3 is 2.55 bits per heavy atom. The van der Waals surface area contributed by atoms with Crippen LogP contribution in [0.2, 0.25) is 0 Å². The fourth-order valence-corrected chi connectivity index (χ4v) is 3.21. The van der Waals surface area contributed by atoms with Gasteiger partial charge in [-0.15, -0.1) is 0 Å². The zero-order valence-corrected chi connectivity index (χ0v) is 13.1. The average Bonchev–Trinajstić information content (AvgIpc) is 2.77. The van der Waals surface area contributed by atoms with Gasteiger partial charge >= 0.3 is 0 Å². The van der Waals surface area contributed by atoms with Gasteiger partial charge in [0.05, 0.1) is 10.2 Å². The molecule has 0 saturated carbocycles. The molecular formula is C15H11BrN2OS. The van der Waals surface area contributed by atoms with E-state index >= 15 is 0 Å². The number of para-hydroxylation sites is 1. The van der Waals surface area contributed by atoms with E-state index in [0.29, 0.717) is 10.4 Å². The lowest BCUT2D eigenvalue weighted by atomic mass is 10.2. The summed E-state index contributed by atoms with van der Waals surface area (Å²) < 4.78 is 4.01. The van der Waals surface area contributed by atoms with Crippen molar-refractivity contribution in [2.24, 2.45) is 12.0 Å². The third kappa shape index (κ3) is 2.46. The Hall–Kier alpha value is -1.72. The Kier molecular flexibility index (Phi) is 3.54. The van der Waals surface area contributed by atoms with Crippen LogP contribution in [0.3, 0.4) is 0 Å². The maximum atomic E-state index is 12.2. The molecule has 20 heavy (non-hydrogen) atoms. The number of thiazole rings is 1. The van der Waals surface area contributed by atoms with Crippen molar-refractivity contribution in [3.8, 4) is 0 Å². The van der Waals surface area contributed by atoms with E-state index in [1.54, 1.807) is 12.1 Å². The van der Waals surface area contributed by atoms with Crippen LogP contribution in [0, 0.1) is 0 Å². The Morgan fingerprint density at radius 1 is 1.15 bits per heavy atom. The highest BCUT2D eigenvalue weighted by Gasteiger charge is 2.06. The average molecular weight is 347 g/mol. The summed E-state index contributed by atoms with van der Waals surface area (Å²) in [5.74, 6) is -0.223. The normalized spacial score (nSPS) is 12.0. The first kappa shape index (κ1) is 13.3. The summed E-state index contributed by atoms with van der Waals surface area (Å²) in [6.07, 6.45) is 0. The van der Waals surface area contributed by atoms with E-state index in [4.69, 9.17) is 0 Å². The van der Waals surface area contributed by atoms with E-state index in [-0.39, 0.29) is 5.91 Å². The van der Waals surface area contributed by atoms with Crippen molar-refractivity contribution >= 4 is 43.4 Å². The third-order valence-electron chi connectivity index (χ3n) is 3.00. The molecule has 0 spiro atoms. The highest BCUT2D eigenvalue weighted by Crippen LogP contribution is 2.16. The summed E-state index contributed by atoms with van der Waals surface area (Å²) in [6.45, 7) is 0. The van der Waals surface area contributed by atoms with Crippen LogP contribution in [0.25, 0.3) is 10.2 Å². The van der Waals surface area contributed by atoms with Crippen molar-refractivity contribution in [3.63, 3.8) is 0 Å². The van der Waals surface area contributed by atoms with Gasteiger partial charge in [0.25, 0.3) is 5.91 Å². The minimum absolute atomic E-state index is 0.223. The number of nitrogens with zero attached hydrogens (tertiary/aromatic N) is 2. The predicted octanol–water partition coefficient (Wildman–Crippen LogP) is 3.74. The van der Waals surface area contributed by atoms with E-state index in [1.807, 2.05) is 48.0 Å². The predicted molar refractivity (Wildman–Crippen MR) is 84.8 cm³/mol. The summed E-state index contributed by atoms with van der Waals surface area (Å²) in [6, 6.07) is 15.2. The molecular weight excluding hydrogens is 336 g/mol. The first-order valence-electron chi connectivity index (χ1n) is 6.04. The van der Waals surface area contributed by atoms with Crippen LogP contribution in [0.1, 0.15) is 10.4 Å². The first-order chi connectivity index (χ1) is 9.65. The lowest BCUT2D eigenvalue weighted by Crippen LogP contribution is -2.13. The van der Waals surface area contributed by atoms with Crippen LogP contribution in [0.15, 0.2) is 58.0 Å². The smallest absolute Gasteiger partial charge is 0.279 e. The second-order valence-electron chi connectivity index (χ2n) is 4.34. The number of carbonyl (C=O) groups excluding carboxylic acids is 1. The van der Waals surface area contributed by atoms with Crippen LogP contribution < -0.4 is 4.80 Å². The molecule has 3 nitrogen and oxygen atoms in total. The molecule has 0 N–H and O–H groups in total. The van der Waals surface area contributed by atoms with Crippen molar-refractivity contribution in [1.29, 1.82) is 0 Å². The number of benzene rings is 2. The van der Waals surface area contributed by atoms with Gasteiger partial charge in [-0.3, -0.25) is 4.79 Å². The Balaban J connectivity index is 2.08. The van der Waals surface area contributed by atoms with Crippen LogP contribution in [0.5, 0.6) is 0 Å². The lowest BCUT2D eigenvalue weighted by molar-refractivity contribution is 0.0998. The maximum Gasteiger partial charge on any atom is 0.279 e. The van der Waals surface area contributed by atoms with Gasteiger partial charge in [0.15, 0.2) is 4.80 Å². The molecule has 0 atom stereocenters. The molecule has 1 amide bonds. The summed E-state index contributed by atoms with van der Waals surface area (Å²) >= 11 is 4.87. The number of halogens is 1. The summed E-state index contributed by atoms with van der Waals surface area (Å²) in [7, 11) is 1.92. The van der Waals surface area contributed by atoms with E-state index in [0.717, 1.165) is 14.7 Å². The molecule has 0 aliphatic heterocycles. The molecule has 2 aromatic carbocycles. The lowest BCUT2D eigenvalue weighted by Gasteiger charge is -1.96. The number of aromatic nitrogens is 1. The van der Waals surface area contributed by atoms with E-state index in [1.165, 1.54) is 11.3 Å². The largest absolute Gasteiger partial charge is 0.319 e.